The van der Waals surface area contributed by atoms with E-state index in [4.69, 9.17) is 5.73 Å². The molecule has 0 bridgehead atoms. The molecule has 1 amide bonds. The summed E-state index contributed by atoms with van der Waals surface area (Å²) >= 11 is 3.35. The van der Waals surface area contributed by atoms with Gasteiger partial charge in [-0.25, -0.2) is 0 Å². The van der Waals surface area contributed by atoms with Gasteiger partial charge in [-0.2, -0.15) is 0 Å². The molecule has 0 heterocycles. The van der Waals surface area contributed by atoms with E-state index in [1.807, 2.05) is 6.07 Å². The van der Waals surface area contributed by atoms with Crippen molar-refractivity contribution in [2.24, 2.45) is 5.92 Å². The van der Waals surface area contributed by atoms with Crippen molar-refractivity contribution in [2.45, 2.75) is 46.0 Å². The number of halogens is 1. The fourth-order valence-electron chi connectivity index (χ4n) is 2.05. The fraction of sp³-hybridized carbons (Fsp3) is 0.562. The summed E-state index contributed by atoms with van der Waals surface area (Å²) in [7, 11) is 0. The van der Waals surface area contributed by atoms with E-state index < -0.39 is 0 Å². The minimum atomic E-state index is -0.0917. The highest BCUT2D eigenvalue weighted by atomic mass is 79.9. The van der Waals surface area contributed by atoms with E-state index in [2.05, 4.69) is 35.1 Å². The van der Waals surface area contributed by atoms with Crippen LogP contribution in [0.2, 0.25) is 0 Å². The lowest BCUT2D eigenvalue weighted by Crippen LogP contribution is -2.25. The van der Waals surface area contributed by atoms with Crippen molar-refractivity contribution < 1.29 is 4.79 Å². The first kappa shape index (κ1) is 17.0. The first-order valence-electron chi connectivity index (χ1n) is 7.34. The van der Waals surface area contributed by atoms with Crippen LogP contribution in [0, 0.1) is 5.92 Å². The number of amides is 1. The minimum absolute atomic E-state index is 0.0917. The Kier molecular flexibility index (Phi) is 7.67. The number of rotatable bonds is 8. The third-order valence-corrected chi connectivity index (χ3v) is 3.75. The maximum Gasteiger partial charge on any atom is 0.253 e. The topological polar surface area (TPSA) is 55.1 Å². The minimum Gasteiger partial charge on any atom is -0.398 e. The van der Waals surface area contributed by atoms with Crippen LogP contribution in [0.3, 0.4) is 0 Å². The van der Waals surface area contributed by atoms with Crippen LogP contribution < -0.4 is 11.1 Å². The average molecular weight is 341 g/mol. The van der Waals surface area contributed by atoms with Gasteiger partial charge in [-0.3, -0.25) is 4.79 Å². The third kappa shape index (κ3) is 6.42. The van der Waals surface area contributed by atoms with Gasteiger partial charge in [0.05, 0.1) is 5.56 Å². The van der Waals surface area contributed by atoms with Gasteiger partial charge in [0, 0.05) is 16.7 Å². The van der Waals surface area contributed by atoms with Gasteiger partial charge in [0.2, 0.25) is 0 Å². The Hall–Kier alpha value is -1.03. The van der Waals surface area contributed by atoms with Crippen LogP contribution in [0.1, 0.15) is 56.3 Å². The number of hydrogen-bond donors (Lipinski definition) is 2. The molecule has 1 rings (SSSR count). The van der Waals surface area contributed by atoms with Crippen molar-refractivity contribution in [3.05, 3.63) is 28.2 Å². The molecule has 0 aliphatic rings. The molecule has 3 nitrogen and oxygen atoms in total. The number of nitrogen functional groups attached to an aromatic ring is 1. The fourth-order valence-corrected chi connectivity index (χ4v) is 2.41. The van der Waals surface area contributed by atoms with Gasteiger partial charge in [-0.1, -0.05) is 55.5 Å². The molecule has 0 saturated carbocycles. The average Bonchev–Trinajstić information content (AvgIpc) is 2.39. The van der Waals surface area contributed by atoms with Gasteiger partial charge >= 0.3 is 0 Å². The number of hydrogen-bond acceptors (Lipinski definition) is 2. The summed E-state index contributed by atoms with van der Waals surface area (Å²) < 4.78 is 0.866. The zero-order valence-electron chi connectivity index (χ0n) is 12.4. The predicted octanol–water partition coefficient (Wildman–Crippen LogP) is 4.37. The molecule has 20 heavy (non-hydrogen) atoms. The summed E-state index contributed by atoms with van der Waals surface area (Å²) in [6.45, 7) is 5.22. The molecule has 112 valence electrons. The van der Waals surface area contributed by atoms with Crippen LogP contribution in [0.25, 0.3) is 0 Å². The molecule has 0 fully saturated rings. The number of unbranched alkanes of at least 4 members (excludes halogenated alkanes) is 3. The number of nitrogens with one attached hydrogen (secondary N) is 1. The third-order valence-electron chi connectivity index (χ3n) is 3.25. The molecule has 0 aliphatic heterocycles. The van der Waals surface area contributed by atoms with Gasteiger partial charge in [0.25, 0.3) is 5.91 Å². The molecule has 0 aromatic heterocycles. The maximum absolute atomic E-state index is 12.0. The monoisotopic (exact) mass is 340 g/mol. The van der Waals surface area contributed by atoms with E-state index in [1.165, 1.54) is 25.7 Å². The standard InChI is InChI=1S/C16H25BrN2O/c1-12(2)7-5-3-4-6-10-19-16(20)14-11-13(17)8-9-15(14)18/h8-9,11-12H,3-7,10,18H2,1-2H3,(H,19,20). The largest absolute Gasteiger partial charge is 0.398 e. The number of carbonyl (C=O) groups is 1. The van der Waals surface area contributed by atoms with Crippen molar-refractivity contribution in [3.8, 4) is 0 Å². The number of carbonyl (C=O) groups excluding carboxylic acids is 1. The number of anilines is 1. The second-order valence-electron chi connectivity index (χ2n) is 5.58. The molecule has 1 aromatic rings. The summed E-state index contributed by atoms with van der Waals surface area (Å²) in [5.41, 5.74) is 6.86. The molecular formula is C16H25BrN2O. The van der Waals surface area contributed by atoms with Crippen molar-refractivity contribution in [1.82, 2.24) is 5.32 Å². The lowest BCUT2D eigenvalue weighted by Gasteiger charge is -2.08. The maximum atomic E-state index is 12.0. The molecule has 0 aliphatic carbocycles. The quantitative estimate of drug-likeness (QED) is 0.545. The van der Waals surface area contributed by atoms with Gasteiger partial charge in [0.1, 0.15) is 0 Å². The Bertz CT molecular complexity index is 432. The van der Waals surface area contributed by atoms with Crippen LogP contribution in [0.5, 0.6) is 0 Å². The molecule has 0 spiro atoms. The highest BCUT2D eigenvalue weighted by Gasteiger charge is 2.09. The van der Waals surface area contributed by atoms with E-state index in [0.717, 1.165) is 16.8 Å². The van der Waals surface area contributed by atoms with Gasteiger partial charge in [-0.05, 0) is 30.5 Å². The lowest BCUT2D eigenvalue weighted by atomic mass is 10.0. The van der Waals surface area contributed by atoms with Crippen molar-refractivity contribution in [1.29, 1.82) is 0 Å². The highest BCUT2D eigenvalue weighted by molar-refractivity contribution is 9.10. The summed E-state index contributed by atoms with van der Waals surface area (Å²) in [4.78, 5) is 12.0. The first-order chi connectivity index (χ1) is 9.50. The molecular weight excluding hydrogens is 316 g/mol. The van der Waals surface area contributed by atoms with E-state index in [-0.39, 0.29) is 5.91 Å². The van der Waals surface area contributed by atoms with Gasteiger partial charge < -0.3 is 11.1 Å². The molecule has 0 radical (unpaired) electrons. The van der Waals surface area contributed by atoms with E-state index in [1.54, 1.807) is 12.1 Å². The molecule has 1 aromatic carbocycles. The second kappa shape index (κ2) is 9.01. The Morgan fingerprint density at radius 3 is 2.65 bits per heavy atom. The Morgan fingerprint density at radius 1 is 1.25 bits per heavy atom. The summed E-state index contributed by atoms with van der Waals surface area (Å²) in [5.74, 6) is 0.695. The zero-order chi connectivity index (χ0) is 15.0. The van der Waals surface area contributed by atoms with E-state index in [9.17, 15) is 4.79 Å². The van der Waals surface area contributed by atoms with Crippen LogP contribution in [0.15, 0.2) is 22.7 Å². The number of nitrogens with two attached hydrogens (primary N) is 1. The Labute approximate surface area is 130 Å². The van der Waals surface area contributed by atoms with E-state index in [0.29, 0.717) is 17.8 Å². The van der Waals surface area contributed by atoms with Gasteiger partial charge in [-0.15, -0.1) is 0 Å². The van der Waals surface area contributed by atoms with Crippen LogP contribution in [0.4, 0.5) is 5.69 Å². The van der Waals surface area contributed by atoms with Crippen LogP contribution in [-0.2, 0) is 0 Å². The van der Waals surface area contributed by atoms with E-state index >= 15 is 0 Å². The smallest absolute Gasteiger partial charge is 0.253 e. The molecule has 0 unspecified atom stereocenters. The second-order valence-corrected chi connectivity index (χ2v) is 6.50. The summed E-state index contributed by atoms with van der Waals surface area (Å²) in [5, 5.41) is 2.93. The highest BCUT2D eigenvalue weighted by Crippen LogP contribution is 2.18. The molecule has 3 N–H and O–H groups in total. The van der Waals surface area contributed by atoms with Crippen molar-refractivity contribution >= 4 is 27.5 Å². The zero-order valence-corrected chi connectivity index (χ0v) is 14.0. The molecule has 0 atom stereocenters. The van der Waals surface area contributed by atoms with Crippen molar-refractivity contribution in [3.63, 3.8) is 0 Å². The Balaban J connectivity index is 2.22. The van der Waals surface area contributed by atoms with Crippen LogP contribution in [-0.4, -0.2) is 12.5 Å². The summed E-state index contributed by atoms with van der Waals surface area (Å²) in [6, 6.07) is 5.33. The SMILES string of the molecule is CC(C)CCCCCCNC(=O)c1cc(Br)ccc1N. The molecule has 0 saturated heterocycles. The predicted molar refractivity (Wildman–Crippen MR) is 88.8 cm³/mol. The Morgan fingerprint density at radius 2 is 1.95 bits per heavy atom. The molecule has 4 heteroatoms. The first-order valence-corrected chi connectivity index (χ1v) is 8.13. The summed E-state index contributed by atoms with van der Waals surface area (Å²) in [6.07, 6.45) is 6.01. The van der Waals surface area contributed by atoms with Gasteiger partial charge in [0.15, 0.2) is 0 Å². The number of benzene rings is 1. The normalized spacial score (nSPS) is 10.8. The lowest BCUT2D eigenvalue weighted by molar-refractivity contribution is 0.0953. The van der Waals surface area contributed by atoms with Crippen LogP contribution >= 0.6 is 15.9 Å². The van der Waals surface area contributed by atoms with Crippen molar-refractivity contribution in [2.75, 3.05) is 12.3 Å².